The molecule has 5 nitrogen and oxygen atoms in total. The van der Waals surface area contributed by atoms with Crippen molar-refractivity contribution in [2.45, 2.75) is 18.9 Å². The molecule has 0 aliphatic carbocycles. The van der Waals surface area contributed by atoms with Gasteiger partial charge in [0.05, 0.1) is 13.2 Å². The van der Waals surface area contributed by atoms with Gasteiger partial charge < -0.3 is 0 Å². The van der Waals surface area contributed by atoms with E-state index in [1.165, 1.54) is 0 Å². The Hall–Kier alpha value is 0.0700. The summed E-state index contributed by atoms with van der Waals surface area (Å²) in [5, 5.41) is 0. The third-order valence-corrected chi connectivity index (χ3v) is 3.60. The predicted octanol–water partition coefficient (Wildman–Crippen LogP) is 0.658. The van der Waals surface area contributed by atoms with Crippen molar-refractivity contribution in [1.82, 2.24) is 0 Å². The minimum Gasteiger partial charge on any atom is -0.299 e. The summed E-state index contributed by atoms with van der Waals surface area (Å²) < 4.78 is 21.4. The summed E-state index contributed by atoms with van der Waals surface area (Å²) in [5.74, 6) is 0. The van der Waals surface area contributed by atoms with Gasteiger partial charge >= 0.3 is 7.82 Å². The lowest BCUT2D eigenvalue weighted by molar-refractivity contribution is -1.07. The quantitative estimate of drug-likeness (QED) is 0.454. The topological polar surface area (TPSA) is 55.8 Å². The normalized spacial score (nSPS) is 53.7. The first kappa shape index (κ1) is 8.66. The van der Waals surface area contributed by atoms with E-state index in [4.69, 9.17) is 9.15 Å². The first-order valence-electron chi connectivity index (χ1n) is 4.06. The smallest absolute Gasteiger partial charge is 0.299 e. The molecule has 3 fully saturated rings. The van der Waals surface area contributed by atoms with Gasteiger partial charge in [-0.25, -0.2) is 4.57 Å². The molecule has 1 N–H and O–H groups in total. The lowest BCUT2D eigenvalue weighted by Gasteiger charge is -2.30. The van der Waals surface area contributed by atoms with Gasteiger partial charge in [-0.05, 0) is 0 Å². The number of fused-ring (bicyclic) bond motifs is 4. The molecule has 0 aromatic heterocycles. The fourth-order valence-corrected chi connectivity index (χ4v) is 3.02. The SMILES string of the molecule is C[N+]12CCC(CC1)OP(=O)(O)O2. The van der Waals surface area contributed by atoms with Crippen molar-refractivity contribution in [1.29, 1.82) is 0 Å². The van der Waals surface area contributed by atoms with Gasteiger partial charge in [0, 0.05) is 12.8 Å². The molecule has 70 valence electrons. The van der Waals surface area contributed by atoms with Crippen LogP contribution in [0.3, 0.4) is 0 Å². The van der Waals surface area contributed by atoms with Gasteiger partial charge in [0.15, 0.2) is 0 Å². The van der Waals surface area contributed by atoms with Crippen molar-refractivity contribution < 1.29 is 23.3 Å². The van der Waals surface area contributed by atoms with Crippen LogP contribution in [-0.2, 0) is 13.7 Å². The van der Waals surface area contributed by atoms with Gasteiger partial charge in [0.25, 0.3) is 0 Å². The third kappa shape index (κ3) is 1.56. The third-order valence-electron chi connectivity index (χ3n) is 2.43. The van der Waals surface area contributed by atoms with E-state index >= 15 is 0 Å². The van der Waals surface area contributed by atoms with Gasteiger partial charge in [0.1, 0.15) is 13.1 Å². The molecule has 1 unspecified atom stereocenters. The maximum atomic E-state index is 11.2. The van der Waals surface area contributed by atoms with Crippen LogP contribution in [0.25, 0.3) is 0 Å². The lowest BCUT2D eigenvalue weighted by atomic mass is 10.1. The highest BCUT2D eigenvalue weighted by Crippen LogP contribution is 2.52. The maximum absolute atomic E-state index is 11.2. The second-order valence-electron chi connectivity index (χ2n) is 3.60. The van der Waals surface area contributed by atoms with Crippen molar-refractivity contribution >= 4 is 7.82 Å². The van der Waals surface area contributed by atoms with Gasteiger partial charge in [-0.15, -0.1) is 0 Å². The number of piperidine rings is 1. The summed E-state index contributed by atoms with van der Waals surface area (Å²) >= 11 is 0. The van der Waals surface area contributed by atoms with E-state index in [1.807, 2.05) is 7.05 Å². The van der Waals surface area contributed by atoms with E-state index in [0.29, 0.717) is 0 Å². The summed E-state index contributed by atoms with van der Waals surface area (Å²) in [6, 6.07) is 0. The number of hydroxylamine groups is 3. The first-order valence-corrected chi connectivity index (χ1v) is 5.56. The number of phosphoric acid groups is 1. The number of nitrogens with zero attached hydrogens (tertiary/aromatic N) is 1. The van der Waals surface area contributed by atoms with Crippen molar-refractivity contribution in [2.75, 3.05) is 20.1 Å². The number of hydrogen-bond donors (Lipinski definition) is 1. The van der Waals surface area contributed by atoms with Crippen LogP contribution in [0.1, 0.15) is 12.8 Å². The molecule has 2 bridgehead atoms. The predicted molar refractivity (Wildman–Crippen MR) is 40.9 cm³/mol. The summed E-state index contributed by atoms with van der Waals surface area (Å²) in [7, 11) is -1.96. The van der Waals surface area contributed by atoms with Crippen LogP contribution < -0.4 is 0 Å². The Morgan fingerprint density at radius 2 is 2.08 bits per heavy atom. The molecule has 3 heterocycles. The van der Waals surface area contributed by atoms with Crippen LogP contribution in [-0.4, -0.2) is 35.8 Å². The highest BCUT2D eigenvalue weighted by Gasteiger charge is 2.46. The number of rotatable bonds is 0. The molecule has 0 amide bonds. The molecule has 0 aromatic carbocycles. The van der Waals surface area contributed by atoms with Crippen molar-refractivity contribution in [3.05, 3.63) is 0 Å². The molecule has 12 heavy (non-hydrogen) atoms. The highest BCUT2D eigenvalue weighted by atomic mass is 31.2. The van der Waals surface area contributed by atoms with E-state index in [1.54, 1.807) is 0 Å². The Balaban J connectivity index is 2.27. The molecule has 1 atom stereocenters. The van der Waals surface area contributed by atoms with Crippen LogP contribution in [0.15, 0.2) is 0 Å². The standard InChI is InChI=1S/C6H12NO4P/c1-7-4-2-6(3-5-7)10-12(8,9)11-7/h6H,2-5H2,1H3/p+1. The minimum absolute atomic E-state index is 0.0884. The zero-order chi connectivity index (χ0) is 8.82. The second kappa shape index (κ2) is 2.53. The molecule has 6 heteroatoms. The second-order valence-corrected chi connectivity index (χ2v) is 4.91. The summed E-state index contributed by atoms with van der Waals surface area (Å²) in [4.78, 5) is 9.20. The summed E-state index contributed by atoms with van der Waals surface area (Å²) in [6.07, 6.45) is 1.52. The van der Waals surface area contributed by atoms with Crippen molar-refractivity contribution in [3.8, 4) is 0 Å². The van der Waals surface area contributed by atoms with E-state index in [2.05, 4.69) is 0 Å². The average Bonchev–Trinajstić information content (AvgIpc) is 2.09. The fourth-order valence-electron chi connectivity index (χ4n) is 1.73. The van der Waals surface area contributed by atoms with Crippen molar-refractivity contribution in [3.63, 3.8) is 0 Å². The Kier molecular flexibility index (Phi) is 1.82. The lowest BCUT2D eigenvalue weighted by Crippen LogP contribution is -2.47. The molecular formula is C6H13NO4P+. The van der Waals surface area contributed by atoms with Crippen LogP contribution in [0.5, 0.6) is 0 Å². The van der Waals surface area contributed by atoms with Crippen LogP contribution in [0, 0.1) is 0 Å². The van der Waals surface area contributed by atoms with Crippen LogP contribution in [0.2, 0.25) is 0 Å². The molecule has 0 saturated carbocycles. The van der Waals surface area contributed by atoms with Gasteiger partial charge in [-0.3, -0.25) is 9.42 Å². The van der Waals surface area contributed by atoms with Crippen LogP contribution in [0.4, 0.5) is 0 Å². The van der Waals surface area contributed by atoms with Gasteiger partial charge in [-0.1, -0.05) is 4.62 Å². The Bertz CT molecular complexity index is 236. The van der Waals surface area contributed by atoms with E-state index in [-0.39, 0.29) is 10.8 Å². The molecule has 0 radical (unpaired) electrons. The number of phosphoric ester groups is 1. The minimum atomic E-state index is -3.77. The largest absolute Gasteiger partial charge is 0.518 e. The molecule has 3 saturated heterocycles. The molecule has 0 aromatic rings. The zero-order valence-electron chi connectivity index (χ0n) is 6.97. The zero-order valence-corrected chi connectivity index (χ0v) is 7.87. The summed E-state index contributed by atoms with van der Waals surface area (Å²) in [5.41, 5.74) is 0. The van der Waals surface area contributed by atoms with E-state index in [9.17, 15) is 9.46 Å². The van der Waals surface area contributed by atoms with E-state index < -0.39 is 7.82 Å². The maximum Gasteiger partial charge on any atom is 0.518 e. The van der Waals surface area contributed by atoms with Crippen LogP contribution >= 0.6 is 7.82 Å². The Morgan fingerprint density at radius 3 is 2.67 bits per heavy atom. The molecular weight excluding hydrogens is 181 g/mol. The summed E-state index contributed by atoms with van der Waals surface area (Å²) in [6.45, 7) is 1.52. The molecule has 3 rings (SSSR count). The number of quaternary nitrogens is 1. The fraction of sp³-hybridized carbons (Fsp3) is 1.00. The van der Waals surface area contributed by atoms with Gasteiger partial charge in [0.2, 0.25) is 0 Å². The van der Waals surface area contributed by atoms with E-state index in [0.717, 1.165) is 25.9 Å². The van der Waals surface area contributed by atoms with Gasteiger partial charge in [-0.2, -0.15) is 4.65 Å². The Labute approximate surface area is 71.0 Å². The molecule has 0 spiro atoms. The molecule has 3 aliphatic rings. The first-order chi connectivity index (χ1) is 5.49. The molecule has 3 aliphatic heterocycles. The highest BCUT2D eigenvalue weighted by molar-refractivity contribution is 7.47. The Morgan fingerprint density at radius 1 is 1.50 bits per heavy atom. The average molecular weight is 194 g/mol. The monoisotopic (exact) mass is 194 g/mol. The number of hydrogen-bond acceptors (Lipinski definition) is 3. The van der Waals surface area contributed by atoms with Crippen molar-refractivity contribution in [2.24, 2.45) is 0 Å².